The maximum Gasteiger partial charge on any atom is 0.124 e. The Bertz CT molecular complexity index is 789. The van der Waals surface area contributed by atoms with E-state index < -0.39 is 6.04 Å². The number of ether oxygens (including phenoxy) is 1. The van der Waals surface area contributed by atoms with Crippen LogP contribution in [0.2, 0.25) is 0 Å². The third kappa shape index (κ3) is 2.58. The standard InChI is InChI=1S/C17H15FN2O/c1-21-16-9-7-12(18)10-13(16)17(19)15-8-6-11-4-2-3-5-14(11)20-15/h2-10,17H,19H2,1H3. The molecular weight excluding hydrogens is 267 g/mol. The Morgan fingerprint density at radius 1 is 1.10 bits per heavy atom. The Hall–Kier alpha value is -2.46. The zero-order valence-electron chi connectivity index (χ0n) is 11.6. The summed E-state index contributed by atoms with van der Waals surface area (Å²) in [4.78, 5) is 4.55. The molecule has 0 saturated carbocycles. The largest absolute Gasteiger partial charge is 0.496 e. The first-order chi connectivity index (χ1) is 10.2. The number of halogens is 1. The molecule has 0 spiro atoms. The van der Waals surface area contributed by atoms with Gasteiger partial charge in [0.1, 0.15) is 11.6 Å². The van der Waals surface area contributed by atoms with E-state index >= 15 is 0 Å². The molecule has 3 aromatic rings. The molecule has 3 rings (SSSR count). The third-order valence-corrected chi connectivity index (χ3v) is 3.47. The normalized spacial score (nSPS) is 12.3. The number of fused-ring (bicyclic) bond motifs is 1. The van der Waals surface area contributed by atoms with Crippen LogP contribution in [0.5, 0.6) is 5.75 Å². The molecule has 0 aliphatic rings. The average Bonchev–Trinajstić information content (AvgIpc) is 2.53. The van der Waals surface area contributed by atoms with Crippen LogP contribution in [0.15, 0.2) is 54.6 Å². The second-order valence-electron chi connectivity index (χ2n) is 4.79. The molecule has 0 amide bonds. The van der Waals surface area contributed by atoms with Gasteiger partial charge in [-0.1, -0.05) is 24.3 Å². The minimum absolute atomic E-state index is 0.345. The van der Waals surface area contributed by atoms with Crippen LogP contribution >= 0.6 is 0 Å². The molecule has 1 aromatic heterocycles. The van der Waals surface area contributed by atoms with Crippen LogP contribution in [0.25, 0.3) is 10.9 Å². The highest BCUT2D eigenvalue weighted by molar-refractivity contribution is 5.78. The maximum absolute atomic E-state index is 13.5. The van der Waals surface area contributed by atoms with Gasteiger partial charge in [-0.2, -0.15) is 0 Å². The van der Waals surface area contributed by atoms with E-state index in [0.717, 1.165) is 10.9 Å². The number of rotatable bonds is 3. The van der Waals surface area contributed by atoms with Gasteiger partial charge in [-0.25, -0.2) is 4.39 Å². The molecule has 3 nitrogen and oxygen atoms in total. The number of pyridine rings is 1. The molecule has 0 saturated heterocycles. The van der Waals surface area contributed by atoms with E-state index in [1.54, 1.807) is 6.07 Å². The first kappa shape index (κ1) is 13.5. The Labute approximate surface area is 122 Å². The number of aromatic nitrogens is 1. The van der Waals surface area contributed by atoms with Crippen molar-refractivity contribution in [3.05, 3.63) is 71.7 Å². The Morgan fingerprint density at radius 2 is 1.90 bits per heavy atom. The fourth-order valence-corrected chi connectivity index (χ4v) is 2.36. The SMILES string of the molecule is COc1ccc(F)cc1C(N)c1ccc2ccccc2n1. The van der Waals surface area contributed by atoms with Gasteiger partial charge in [-0.3, -0.25) is 4.98 Å². The molecule has 1 heterocycles. The minimum Gasteiger partial charge on any atom is -0.496 e. The van der Waals surface area contributed by atoms with Crippen molar-refractivity contribution < 1.29 is 9.13 Å². The molecule has 2 aromatic carbocycles. The lowest BCUT2D eigenvalue weighted by Gasteiger charge is -2.16. The van der Waals surface area contributed by atoms with Gasteiger partial charge in [-0.05, 0) is 30.3 Å². The summed E-state index contributed by atoms with van der Waals surface area (Å²) in [6.45, 7) is 0. The molecule has 1 atom stereocenters. The zero-order chi connectivity index (χ0) is 14.8. The molecule has 0 aliphatic carbocycles. The monoisotopic (exact) mass is 282 g/mol. The molecule has 21 heavy (non-hydrogen) atoms. The topological polar surface area (TPSA) is 48.1 Å². The number of nitrogens with two attached hydrogens (primary N) is 1. The number of hydrogen-bond donors (Lipinski definition) is 1. The molecule has 1 unspecified atom stereocenters. The molecule has 0 bridgehead atoms. The van der Waals surface area contributed by atoms with Gasteiger partial charge < -0.3 is 10.5 Å². The summed E-state index contributed by atoms with van der Waals surface area (Å²) in [6, 6.07) is 15.4. The lowest BCUT2D eigenvalue weighted by atomic mass is 10.0. The van der Waals surface area contributed by atoms with Crippen molar-refractivity contribution in [1.29, 1.82) is 0 Å². The lowest BCUT2D eigenvalue weighted by Crippen LogP contribution is -2.15. The van der Waals surface area contributed by atoms with Crippen molar-refractivity contribution in [2.24, 2.45) is 5.73 Å². The number of benzene rings is 2. The van der Waals surface area contributed by atoms with Gasteiger partial charge in [0.15, 0.2) is 0 Å². The highest BCUT2D eigenvalue weighted by atomic mass is 19.1. The van der Waals surface area contributed by atoms with Gasteiger partial charge >= 0.3 is 0 Å². The van der Waals surface area contributed by atoms with Crippen molar-refractivity contribution in [3.8, 4) is 5.75 Å². The molecule has 106 valence electrons. The predicted molar refractivity (Wildman–Crippen MR) is 80.7 cm³/mol. The number of para-hydroxylation sites is 1. The van der Waals surface area contributed by atoms with Crippen LogP contribution in [0, 0.1) is 5.82 Å². The predicted octanol–water partition coefficient (Wildman–Crippen LogP) is 3.43. The Morgan fingerprint density at radius 3 is 2.71 bits per heavy atom. The first-order valence-corrected chi connectivity index (χ1v) is 6.64. The van der Waals surface area contributed by atoms with Crippen molar-refractivity contribution in [2.75, 3.05) is 7.11 Å². The molecule has 2 N–H and O–H groups in total. The molecule has 4 heteroatoms. The summed E-state index contributed by atoms with van der Waals surface area (Å²) in [5.74, 6) is 0.209. The van der Waals surface area contributed by atoms with Crippen molar-refractivity contribution in [1.82, 2.24) is 4.98 Å². The molecular formula is C17H15FN2O. The highest BCUT2D eigenvalue weighted by Crippen LogP contribution is 2.29. The van der Waals surface area contributed by atoms with Gasteiger partial charge in [0.2, 0.25) is 0 Å². The molecule has 0 fully saturated rings. The van der Waals surface area contributed by atoms with Gasteiger partial charge in [-0.15, -0.1) is 0 Å². The summed E-state index contributed by atoms with van der Waals surface area (Å²) in [7, 11) is 1.54. The van der Waals surface area contributed by atoms with E-state index in [9.17, 15) is 4.39 Å². The fourth-order valence-electron chi connectivity index (χ4n) is 2.36. The van der Waals surface area contributed by atoms with Gasteiger partial charge in [0, 0.05) is 10.9 Å². The second-order valence-corrected chi connectivity index (χ2v) is 4.79. The first-order valence-electron chi connectivity index (χ1n) is 6.64. The van der Waals surface area contributed by atoms with Crippen LogP contribution in [-0.2, 0) is 0 Å². The zero-order valence-corrected chi connectivity index (χ0v) is 11.6. The quantitative estimate of drug-likeness (QED) is 0.800. The van der Waals surface area contributed by atoms with Crippen LogP contribution < -0.4 is 10.5 Å². The third-order valence-electron chi connectivity index (χ3n) is 3.47. The fraction of sp³-hybridized carbons (Fsp3) is 0.118. The Kier molecular flexibility index (Phi) is 3.54. The number of nitrogens with zero attached hydrogens (tertiary/aromatic N) is 1. The van der Waals surface area contributed by atoms with Crippen molar-refractivity contribution in [2.45, 2.75) is 6.04 Å². The maximum atomic E-state index is 13.5. The van der Waals surface area contributed by atoms with E-state index in [1.165, 1.54) is 19.2 Å². The van der Waals surface area contributed by atoms with E-state index in [-0.39, 0.29) is 5.82 Å². The highest BCUT2D eigenvalue weighted by Gasteiger charge is 2.16. The molecule has 0 aliphatic heterocycles. The van der Waals surface area contributed by atoms with E-state index in [0.29, 0.717) is 17.0 Å². The second kappa shape index (κ2) is 5.50. The number of methoxy groups -OCH3 is 1. The van der Waals surface area contributed by atoms with Crippen molar-refractivity contribution >= 4 is 10.9 Å². The summed E-state index contributed by atoms with van der Waals surface area (Å²) in [6.07, 6.45) is 0. The Balaban J connectivity index is 2.07. The summed E-state index contributed by atoms with van der Waals surface area (Å²) in [5.41, 5.74) is 8.37. The van der Waals surface area contributed by atoms with Gasteiger partial charge in [0.05, 0.1) is 24.4 Å². The van der Waals surface area contributed by atoms with Crippen LogP contribution in [0.4, 0.5) is 4.39 Å². The van der Waals surface area contributed by atoms with Crippen LogP contribution in [0.3, 0.4) is 0 Å². The van der Waals surface area contributed by atoms with Crippen LogP contribution in [0.1, 0.15) is 17.3 Å². The smallest absolute Gasteiger partial charge is 0.124 e. The summed E-state index contributed by atoms with van der Waals surface area (Å²) < 4.78 is 18.7. The number of hydrogen-bond acceptors (Lipinski definition) is 3. The minimum atomic E-state index is -0.541. The van der Waals surface area contributed by atoms with Gasteiger partial charge in [0.25, 0.3) is 0 Å². The van der Waals surface area contributed by atoms with Crippen LogP contribution in [-0.4, -0.2) is 12.1 Å². The average molecular weight is 282 g/mol. The van der Waals surface area contributed by atoms with E-state index in [4.69, 9.17) is 10.5 Å². The van der Waals surface area contributed by atoms with E-state index in [2.05, 4.69) is 4.98 Å². The van der Waals surface area contributed by atoms with Crippen molar-refractivity contribution in [3.63, 3.8) is 0 Å². The molecule has 0 radical (unpaired) electrons. The summed E-state index contributed by atoms with van der Waals surface area (Å²) >= 11 is 0. The van der Waals surface area contributed by atoms with E-state index in [1.807, 2.05) is 36.4 Å². The summed E-state index contributed by atoms with van der Waals surface area (Å²) in [5, 5.41) is 1.04. The lowest BCUT2D eigenvalue weighted by molar-refractivity contribution is 0.406.